The number of anilines is 1. The molecule has 2 aromatic carbocycles. The van der Waals surface area contributed by atoms with Gasteiger partial charge in [0.2, 0.25) is 0 Å². The van der Waals surface area contributed by atoms with Crippen LogP contribution in [-0.2, 0) is 0 Å². The lowest BCUT2D eigenvalue weighted by atomic mass is 10.0. The summed E-state index contributed by atoms with van der Waals surface area (Å²) >= 11 is 5.96. The number of carbonyl (C=O) groups is 1. The summed E-state index contributed by atoms with van der Waals surface area (Å²) in [5.41, 5.74) is 2.58. The Hall–Kier alpha value is -2.26. The molecule has 0 fully saturated rings. The van der Waals surface area contributed by atoms with E-state index in [2.05, 4.69) is 19.2 Å². The van der Waals surface area contributed by atoms with Crippen molar-refractivity contribution in [2.75, 3.05) is 12.4 Å². The third-order valence-electron chi connectivity index (χ3n) is 3.50. The van der Waals surface area contributed by atoms with E-state index >= 15 is 0 Å². The van der Waals surface area contributed by atoms with E-state index in [4.69, 9.17) is 16.3 Å². The number of hydrogen-bond acceptors (Lipinski definition) is 3. The molecule has 0 amide bonds. The van der Waals surface area contributed by atoms with Gasteiger partial charge in [-0.25, -0.2) is 0 Å². The predicted octanol–water partition coefficient (Wildman–Crippen LogP) is 5.28. The van der Waals surface area contributed by atoms with Gasteiger partial charge in [0.1, 0.15) is 5.75 Å². The van der Waals surface area contributed by atoms with Gasteiger partial charge in [0.15, 0.2) is 5.78 Å². The highest BCUT2D eigenvalue weighted by Gasteiger charge is 2.05. The lowest BCUT2D eigenvalue weighted by molar-refractivity contribution is 0.104. The summed E-state index contributed by atoms with van der Waals surface area (Å²) < 4.78 is 5.24. The van der Waals surface area contributed by atoms with E-state index in [9.17, 15) is 4.79 Å². The van der Waals surface area contributed by atoms with Crippen LogP contribution in [0.5, 0.6) is 5.75 Å². The Morgan fingerprint density at radius 3 is 2.48 bits per heavy atom. The first-order chi connectivity index (χ1) is 11.0. The number of ether oxygens (including phenoxy) is 1. The van der Waals surface area contributed by atoms with Gasteiger partial charge in [0, 0.05) is 22.9 Å². The number of rotatable bonds is 6. The zero-order chi connectivity index (χ0) is 16.8. The summed E-state index contributed by atoms with van der Waals surface area (Å²) in [6.07, 6.45) is 3.08. The molecule has 0 aliphatic rings. The van der Waals surface area contributed by atoms with Crippen LogP contribution in [0, 0.1) is 0 Å². The molecule has 23 heavy (non-hydrogen) atoms. The molecular formula is C19H20ClNO2. The first-order valence-corrected chi connectivity index (χ1v) is 7.80. The Morgan fingerprint density at radius 2 is 1.87 bits per heavy atom. The molecule has 4 heteroatoms. The first kappa shape index (κ1) is 17.1. The zero-order valence-electron chi connectivity index (χ0n) is 13.5. The number of ketones is 1. The third kappa shape index (κ3) is 4.60. The minimum absolute atomic E-state index is 0.0613. The average Bonchev–Trinajstić information content (AvgIpc) is 2.55. The zero-order valence-corrected chi connectivity index (χ0v) is 14.2. The minimum Gasteiger partial charge on any atom is -0.495 e. The van der Waals surface area contributed by atoms with Crippen molar-refractivity contribution < 1.29 is 9.53 Å². The summed E-state index contributed by atoms with van der Waals surface area (Å²) in [5, 5.41) is 3.62. The predicted molar refractivity (Wildman–Crippen MR) is 95.6 cm³/mol. The number of hydrogen-bond donors (Lipinski definition) is 1. The molecule has 0 saturated carbocycles. The van der Waals surface area contributed by atoms with Crippen molar-refractivity contribution in [2.24, 2.45) is 0 Å². The van der Waals surface area contributed by atoms with Gasteiger partial charge >= 0.3 is 0 Å². The fourth-order valence-electron chi connectivity index (χ4n) is 2.13. The summed E-state index contributed by atoms with van der Waals surface area (Å²) in [7, 11) is 1.58. The van der Waals surface area contributed by atoms with E-state index in [0.29, 0.717) is 27.9 Å². The van der Waals surface area contributed by atoms with Gasteiger partial charge in [-0.2, -0.15) is 0 Å². The highest BCUT2D eigenvalue weighted by atomic mass is 35.5. The van der Waals surface area contributed by atoms with Crippen LogP contribution in [0.25, 0.3) is 0 Å². The Bertz CT molecular complexity index is 706. The molecule has 0 radical (unpaired) electrons. The van der Waals surface area contributed by atoms with Gasteiger partial charge in [-0.1, -0.05) is 49.7 Å². The molecule has 120 valence electrons. The second-order valence-electron chi connectivity index (χ2n) is 5.46. The smallest absolute Gasteiger partial charge is 0.187 e. The minimum atomic E-state index is -0.0613. The Morgan fingerprint density at radius 1 is 1.17 bits per heavy atom. The van der Waals surface area contributed by atoms with Gasteiger partial charge in [-0.15, -0.1) is 0 Å². The number of nitrogens with one attached hydrogen (secondary N) is 1. The van der Waals surface area contributed by atoms with Crippen LogP contribution in [0.2, 0.25) is 5.02 Å². The molecule has 1 N–H and O–H groups in total. The Kier molecular flexibility index (Phi) is 5.83. The summed E-state index contributed by atoms with van der Waals surface area (Å²) in [6.45, 7) is 4.25. The summed E-state index contributed by atoms with van der Waals surface area (Å²) in [5.74, 6) is 1.05. The van der Waals surface area contributed by atoms with Crippen molar-refractivity contribution in [3.05, 3.63) is 70.9 Å². The van der Waals surface area contributed by atoms with Crippen LogP contribution in [0.15, 0.2) is 54.7 Å². The van der Waals surface area contributed by atoms with E-state index in [1.165, 1.54) is 11.6 Å². The molecule has 2 aromatic rings. The first-order valence-electron chi connectivity index (χ1n) is 7.42. The Balaban J connectivity index is 2.05. The second kappa shape index (κ2) is 7.84. The molecule has 0 aromatic heterocycles. The van der Waals surface area contributed by atoms with Crippen molar-refractivity contribution in [2.45, 2.75) is 19.8 Å². The maximum atomic E-state index is 12.2. The number of methoxy groups -OCH3 is 1. The van der Waals surface area contributed by atoms with Gasteiger partial charge < -0.3 is 10.1 Å². The summed E-state index contributed by atoms with van der Waals surface area (Å²) in [4.78, 5) is 12.2. The van der Waals surface area contributed by atoms with Crippen molar-refractivity contribution in [1.29, 1.82) is 0 Å². The van der Waals surface area contributed by atoms with E-state index < -0.39 is 0 Å². The molecule has 0 spiro atoms. The van der Waals surface area contributed by atoms with Gasteiger partial charge in [0.05, 0.1) is 12.8 Å². The molecule has 0 heterocycles. The monoisotopic (exact) mass is 329 g/mol. The van der Waals surface area contributed by atoms with Crippen LogP contribution >= 0.6 is 11.6 Å². The van der Waals surface area contributed by atoms with Crippen LogP contribution < -0.4 is 10.1 Å². The molecule has 3 nitrogen and oxygen atoms in total. The molecule has 0 unspecified atom stereocenters. The molecular weight excluding hydrogens is 310 g/mol. The van der Waals surface area contributed by atoms with E-state index in [-0.39, 0.29) is 5.78 Å². The Labute approximate surface area is 141 Å². The second-order valence-corrected chi connectivity index (χ2v) is 5.90. The molecule has 0 aliphatic heterocycles. The van der Waals surface area contributed by atoms with Crippen molar-refractivity contribution >= 4 is 23.1 Å². The van der Waals surface area contributed by atoms with E-state index in [1.807, 2.05) is 24.3 Å². The van der Waals surface area contributed by atoms with Crippen LogP contribution in [0.4, 0.5) is 5.69 Å². The fourth-order valence-corrected chi connectivity index (χ4v) is 2.30. The van der Waals surface area contributed by atoms with Crippen LogP contribution in [-0.4, -0.2) is 12.9 Å². The maximum absolute atomic E-state index is 12.2. The van der Waals surface area contributed by atoms with Crippen molar-refractivity contribution in [1.82, 2.24) is 0 Å². The number of halogens is 1. The van der Waals surface area contributed by atoms with E-state index in [1.54, 1.807) is 31.5 Å². The molecule has 0 saturated heterocycles. The molecule has 0 atom stereocenters. The average molecular weight is 330 g/mol. The van der Waals surface area contributed by atoms with Gasteiger partial charge in [-0.3, -0.25) is 4.79 Å². The van der Waals surface area contributed by atoms with Crippen LogP contribution in [0.3, 0.4) is 0 Å². The molecule has 0 bridgehead atoms. The highest BCUT2D eigenvalue weighted by molar-refractivity contribution is 6.30. The van der Waals surface area contributed by atoms with Gasteiger partial charge in [0.25, 0.3) is 0 Å². The lowest BCUT2D eigenvalue weighted by Crippen LogP contribution is -1.98. The quantitative estimate of drug-likeness (QED) is 0.578. The topological polar surface area (TPSA) is 38.3 Å². The standard InChI is InChI=1S/C19H20ClNO2/c1-13(2)14-4-6-15(7-5-14)18(22)10-11-21-17-12-16(20)8-9-19(17)23-3/h4-13,21H,1-3H3. The maximum Gasteiger partial charge on any atom is 0.187 e. The lowest BCUT2D eigenvalue weighted by Gasteiger charge is -2.08. The molecule has 2 rings (SSSR count). The van der Waals surface area contributed by atoms with Gasteiger partial charge in [-0.05, 0) is 29.7 Å². The largest absolute Gasteiger partial charge is 0.495 e. The van der Waals surface area contributed by atoms with Crippen molar-refractivity contribution in [3.8, 4) is 5.75 Å². The number of carbonyl (C=O) groups excluding carboxylic acids is 1. The third-order valence-corrected chi connectivity index (χ3v) is 3.73. The van der Waals surface area contributed by atoms with Crippen molar-refractivity contribution in [3.63, 3.8) is 0 Å². The normalized spacial score (nSPS) is 11.0. The van der Waals surface area contributed by atoms with Crippen LogP contribution in [0.1, 0.15) is 35.7 Å². The SMILES string of the molecule is COc1ccc(Cl)cc1NC=CC(=O)c1ccc(C(C)C)cc1. The molecule has 0 aliphatic carbocycles. The summed E-state index contributed by atoms with van der Waals surface area (Å²) in [6, 6.07) is 12.9. The highest BCUT2D eigenvalue weighted by Crippen LogP contribution is 2.27. The van der Waals surface area contributed by atoms with E-state index in [0.717, 1.165) is 0 Å². The number of benzene rings is 2. The fraction of sp³-hybridized carbons (Fsp3) is 0.211. The number of allylic oxidation sites excluding steroid dienone is 1.